The Balaban J connectivity index is 1.82. The van der Waals surface area contributed by atoms with E-state index in [1.165, 1.54) is 50.9 Å². The Morgan fingerprint density at radius 2 is 1.49 bits per heavy atom. The molecule has 13 heteroatoms. The van der Waals surface area contributed by atoms with Gasteiger partial charge in [0.25, 0.3) is 0 Å². The van der Waals surface area contributed by atoms with Gasteiger partial charge < -0.3 is 23.8 Å². The molecule has 0 aromatic heterocycles. The van der Waals surface area contributed by atoms with Crippen molar-refractivity contribution in [2.45, 2.75) is 9.79 Å². The SMILES string of the molecule is COCCNS(=O)(=O)c1ccc(OC)c(N2CCN(S(=O)(=O)c3cc(OC)ccc3OC)CC2)c1. The van der Waals surface area contributed by atoms with Crippen LogP contribution in [0.3, 0.4) is 0 Å². The molecule has 1 heterocycles. The molecule has 1 N–H and O–H groups in total. The molecule has 0 unspecified atom stereocenters. The first-order valence-corrected chi connectivity index (χ1v) is 13.7. The van der Waals surface area contributed by atoms with Gasteiger partial charge in [-0.1, -0.05) is 0 Å². The smallest absolute Gasteiger partial charge is 0.247 e. The van der Waals surface area contributed by atoms with E-state index in [0.717, 1.165) is 0 Å². The first kappa shape index (κ1) is 27.0. The molecule has 194 valence electrons. The van der Waals surface area contributed by atoms with Crippen molar-refractivity contribution in [1.82, 2.24) is 9.03 Å². The summed E-state index contributed by atoms with van der Waals surface area (Å²) in [6.45, 7) is 1.44. The summed E-state index contributed by atoms with van der Waals surface area (Å²) in [6.07, 6.45) is 0. The summed E-state index contributed by atoms with van der Waals surface area (Å²) in [5.74, 6) is 1.13. The second-order valence-electron chi connectivity index (χ2n) is 7.63. The zero-order valence-corrected chi connectivity index (χ0v) is 21.8. The number of methoxy groups -OCH3 is 4. The molecule has 0 aliphatic carbocycles. The van der Waals surface area contributed by atoms with Crippen LogP contribution in [0.4, 0.5) is 5.69 Å². The monoisotopic (exact) mass is 529 g/mol. The standard InChI is InChI=1S/C22H31N3O8S2/c1-30-14-9-23-34(26,27)18-6-8-20(32-3)19(16-18)24-10-12-25(13-11-24)35(28,29)22-15-17(31-2)5-7-21(22)33-4/h5-8,15-16,23H,9-14H2,1-4H3. The van der Waals surface area contributed by atoms with Crippen molar-refractivity contribution in [1.29, 1.82) is 0 Å². The molecule has 1 saturated heterocycles. The predicted octanol–water partition coefficient (Wildman–Crippen LogP) is 1.15. The number of anilines is 1. The summed E-state index contributed by atoms with van der Waals surface area (Å²) in [5.41, 5.74) is 0.568. The third-order valence-corrected chi connectivity index (χ3v) is 9.01. The molecule has 0 spiro atoms. The normalized spacial score (nSPS) is 15.1. The van der Waals surface area contributed by atoms with E-state index in [2.05, 4.69) is 4.72 Å². The number of ether oxygens (including phenoxy) is 4. The maximum Gasteiger partial charge on any atom is 0.247 e. The molecule has 1 fully saturated rings. The van der Waals surface area contributed by atoms with Crippen LogP contribution in [-0.2, 0) is 24.8 Å². The van der Waals surface area contributed by atoms with E-state index in [1.54, 1.807) is 18.2 Å². The van der Waals surface area contributed by atoms with Crippen LogP contribution < -0.4 is 23.8 Å². The Kier molecular flexibility index (Phi) is 8.83. The highest BCUT2D eigenvalue weighted by Gasteiger charge is 2.32. The third-order valence-electron chi connectivity index (χ3n) is 5.63. The molecule has 2 aromatic carbocycles. The van der Waals surface area contributed by atoms with Gasteiger partial charge in [0.05, 0.1) is 38.5 Å². The molecule has 2 aromatic rings. The second kappa shape index (κ2) is 11.4. The van der Waals surface area contributed by atoms with Gasteiger partial charge in [-0.25, -0.2) is 21.6 Å². The summed E-state index contributed by atoms with van der Waals surface area (Å²) >= 11 is 0. The van der Waals surface area contributed by atoms with E-state index in [-0.39, 0.29) is 41.8 Å². The lowest BCUT2D eigenvalue weighted by Gasteiger charge is -2.36. The number of rotatable bonds is 11. The maximum atomic E-state index is 13.4. The molecular formula is C22H31N3O8S2. The summed E-state index contributed by atoms with van der Waals surface area (Å²) in [5, 5.41) is 0. The first-order chi connectivity index (χ1) is 16.7. The topological polar surface area (TPSA) is 124 Å². The van der Waals surface area contributed by atoms with Crippen molar-refractivity contribution in [2.24, 2.45) is 0 Å². The van der Waals surface area contributed by atoms with Crippen LogP contribution in [0.15, 0.2) is 46.2 Å². The number of piperazine rings is 1. The molecule has 1 aliphatic rings. The van der Waals surface area contributed by atoms with Crippen LogP contribution in [-0.4, -0.2) is 88.9 Å². The minimum Gasteiger partial charge on any atom is -0.497 e. The van der Waals surface area contributed by atoms with Crippen molar-refractivity contribution in [3.8, 4) is 17.2 Å². The van der Waals surface area contributed by atoms with Crippen LogP contribution >= 0.6 is 0 Å². The third kappa shape index (κ3) is 5.98. The summed E-state index contributed by atoms with van der Waals surface area (Å²) < 4.78 is 76.7. The van der Waals surface area contributed by atoms with Gasteiger partial charge in [-0.05, 0) is 30.3 Å². The van der Waals surface area contributed by atoms with Gasteiger partial charge in [0.15, 0.2) is 0 Å². The quantitative estimate of drug-likeness (QED) is 0.427. The highest BCUT2D eigenvalue weighted by Crippen LogP contribution is 2.34. The molecule has 0 amide bonds. The fourth-order valence-electron chi connectivity index (χ4n) is 3.74. The fourth-order valence-corrected chi connectivity index (χ4v) is 6.37. The van der Waals surface area contributed by atoms with Gasteiger partial charge >= 0.3 is 0 Å². The van der Waals surface area contributed by atoms with Crippen LogP contribution in [0.25, 0.3) is 0 Å². The summed E-state index contributed by atoms with van der Waals surface area (Å²) in [6, 6.07) is 9.21. The molecule has 11 nitrogen and oxygen atoms in total. The largest absolute Gasteiger partial charge is 0.497 e. The highest BCUT2D eigenvalue weighted by molar-refractivity contribution is 7.89. The number of sulfonamides is 2. The highest BCUT2D eigenvalue weighted by atomic mass is 32.2. The average Bonchev–Trinajstić information content (AvgIpc) is 2.88. The Morgan fingerprint density at radius 3 is 2.09 bits per heavy atom. The molecule has 3 rings (SSSR count). The molecule has 0 bridgehead atoms. The van der Waals surface area contributed by atoms with Gasteiger partial charge in [0, 0.05) is 45.9 Å². The molecule has 0 saturated carbocycles. The van der Waals surface area contributed by atoms with Crippen molar-refractivity contribution < 1.29 is 35.8 Å². The zero-order chi connectivity index (χ0) is 25.6. The maximum absolute atomic E-state index is 13.4. The van der Waals surface area contributed by atoms with E-state index < -0.39 is 20.0 Å². The van der Waals surface area contributed by atoms with Crippen LogP contribution in [0.2, 0.25) is 0 Å². The number of hydrogen-bond donors (Lipinski definition) is 1. The van der Waals surface area contributed by atoms with E-state index in [4.69, 9.17) is 18.9 Å². The fraction of sp³-hybridized carbons (Fsp3) is 0.455. The second-order valence-corrected chi connectivity index (χ2v) is 11.3. The van der Waals surface area contributed by atoms with Crippen LogP contribution in [0.1, 0.15) is 0 Å². The Bertz CT molecular complexity index is 1230. The van der Waals surface area contributed by atoms with Gasteiger partial charge in [0.1, 0.15) is 22.1 Å². The van der Waals surface area contributed by atoms with Crippen molar-refractivity contribution in [2.75, 3.05) is 72.7 Å². The Morgan fingerprint density at radius 1 is 0.829 bits per heavy atom. The molecule has 35 heavy (non-hydrogen) atoms. The zero-order valence-electron chi connectivity index (χ0n) is 20.2. The minimum atomic E-state index is -3.85. The lowest BCUT2D eigenvalue weighted by Crippen LogP contribution is -2.48. The lowest BCUT2D eigenvalue weighted by molar-refractivity contribution is 0.204. The Hall–Kier alpha value is -2.58. The summed E-state index contributed by atoms with van der Waals surface area (Å²) in [4.78, 5) is 2.02. The molecule has 0 radical (unpaired) electrons. The molecular weight excluding hydrogens is 498 g/mol. The average molecular weight is 530 g/mol. The van der Waals surface area contributed by atoms with E-state index in [9.17, 15) is 16.8 Å². The lowest BCUT2D eigenvalue weighted by atomic mass is 10.2. The van der Waals surface area contributed by atoms with E-state index >= 15 is 0 Å². The first-order valence-electron chi connectivity index (χ1n) is 10.8. The Labute approximate surface area is 206 Å². The number of nitrogens with zero attached hydrogens (tertiary/aromatic N) is 2. The van der Waals surface area contributed by atoms with Gasteiger partial charge in [0.2, 0.25) is 20.0 Å². The molecule has 0 atom stereocenters. The minimum absolute atomic E-state index is 0.0283. The number of benzene rings is 2. The van der Waals surface area contributed by atoms with Crippen LogP contribution in [0, 0.1) is 0 Å². The van der Waals surface area contributed by atoms with Crippen molar-refractivity contribution >= 4 is 25.7 Å². The number of nitrogens with one attached hydrogen (secondary N) is 1. The van der Waals surface area contributed by atoms with Gasteiger partial charge in [-0.15, -0.1) is 0 Å². The summed E-state index contributed by atoms with van der Waals surface area (Å²) in [7, 11) is -1.73. The number of hydrogen-bond acceptors (Lipinski definition) is 9. The van der Waals surface area contributed by atoms with E-state index in [0.29, 0.717) is 30.3 Å². The van der Waals surface area contributed by atoms with Gasteiger partial charge in [-0.3, -0.25) is 0 Å². The van der Waals surface area contributed by atoms with E-state index in [1.807, 2.05) is 4.90 Å². The van der Waals surface area contributed by atoms with Crippen LogP contribution in [0.5, 0.6) is 17.2 Å². The molecule has 1 aliphatic heterocycles. The van der Waals surface area contributed by atoms with Gasteiger partial charge in [-0.2, -0.15) is 4.31 Å². The predicted molar refractivity (Wildman–Crippen MR) is 131 cm³/mol. The van der Waals surface area contributed by atoms with Crippen molar-refractivity contribution in [3.05, 3.63) is 36.4 Å². The van der Waals surface area contributed by atoms with Crippen molar-refractivity contribution in [3.63, 3.8) is 0 Å².